The number of rotatable bonds is 3. The molecule has 0 fully saturated rings. The molecule has 0 saturated carbocycles. The van der Waals surface area contributed by atoms with Gasteiger partial charge in [-0.25, -0.2) is 0 Å². The van der Waals surface area contributed by atoms with Gasteiger partial charge >= 0.3 is 0 Å². The zero-order valence-electron chi connectivity index (χ0n) is 13.1. The normalized spacial score (nSPS) is 13.9. The third-order valence-corrected chi connectivity index (χ3v) is 4.82. The van der Waals surface area contributed by atoms with Crippen LogP contribution >= 0.6 is 11.3 Å². The van der Waals surface area contributed by atoms with E-state index in [1.54, 1.807) is 11.3 Å². The number of carbonyl (C=O) groups is 1. The summed E-state index contributed by atoms with van der Waals surface area (Å²) in [7, 11) is 0. The number of hydrogen-bond acceptors (Lipinski definition) is 5. The van der Waals surface area contributed by atoms with Crippen LogP contribution in [0.1, 0.15) is 38.3 Å². The molecule has 6 heteroatoms. The maximum atomic E-state index is 12.7. The number of fused-ring (bicyclic) bond motifs is 1. The molecule has 1 amide bonds. The van der Waals surface area contributed by atoms with Crippen molar-refractivity contribution in [2.24, 2.45) is 0 Å². The van der Waals surface area contributed by atoms with Crippen LogP contribution in [0.5, 0.6) is 0 Å². The van der Waals surface area contributed by atoms with Crippen molar-refractivity contribution in [2.45, 2.75) is 33.7 Å². The van der Waals surface area contributed by atoms with Crippen LogP contribution in [0.25, 0.3) is 0 Å². The van der Waals surface area contributed by atoms with E-state index >= 15 is 0 Å². The van der Waals surface area contributed by atoms with Crippen LogP contribution < -0.4 is 5.32 Å². The summed E-state index contributed by atoms with van der Waals surface area (Å²) in [5.41, 5.74) is 2.93. The Labute approximate surface area is 134 Å². The fraction of sp³-hybridized carbons (Fsp3) is 0.438. The number of anilines is 1. The molecular weight excluding hydrogens is 296 g/mol. The van der Waals surface area contributed by atoms with E-state index < -0.39 is 0 Å². The molecule has 0 aliphatic carbocycles. The number of aromatic nitrogens is 2. The second-order valence-electron chi connectivity index (χ2n) is 5.54. The summed E-state index contributed by atoms with van der Waals surface area (Å²) in [5, 5.41) is 11.6. The predicted molar refractivity (Wildman–Crippen MR) is 88.4 cm³/mol. The Morgan fingerprint density at radius 2 is 2.18 bits per heavy atom. The quantitative estimate of drug-likeness (QED) is 0.946. The third kappa shape index (κ3) is 2.83. The van der Waals surface area contributed by atoms with Crippen LogP contribution in [-0.2, 0) is 13.0 Å². The van der Waals surface area contributed by atoms with E-state index in [9.17, 15) is 4.79 Å². The van der Waals surface area contributed by atoms with Gasteiger partial charge in [-0.3, -0.25) is 4.79 Å². The van der Waals surface area contributed by atoms with Gasteiger partial charge in [-0.15, -0.1) is 16.4 Å². The lowest BCUT2D eigenvalue weighted by Crippen LogP contribution is -2.36. The highest BCUT2D eigenvalue weighted by Gasteiger charge is 2.25. The molecule has 0 bridgehead atoms. The maximum absolute atomic E-state index is 12.7. The van der Waals surface area contributed by atoms with Crippen molar-refractivity contribution in [3.05, 3.63) is 38.7 Å². The van der Waals surface area contributed by atoms with Gasteiger partial charge in [0.15, 0.2) is 0 Å². The molecule has 116 valence electrons. The minimum absolute atomic E-state index is 0.120. The van der Waals surface area contributed by atoms with Crippen molar-refractivity contribution in [2.75, 3.05) is 18.4 Å². The van der Waals surface area contributed by atoms with Gasteiger partial charge in [-0.1, -0.05) is 0 Å². The Bertz CT molecular complexity index is 710. The molecule has 2 aromatic heterocycles. The lowest BCUT2D eigenvalue weighted by Gasteiger charge is -2.28. The summed E-state index contributed by atoms with van der Waals surface area (Å²) < 4.78 is 0. The largest absolute Gasteiger partial charge is 0.369 e. The van der Waals surface area contributed by atoms with Crippen LogP contribution in [0.4, 0.5) is 5.82 Å². The van der Waals surface area contributed by atoms with Crippen molar-refractivity contribution in [3.8, 4) is 0 Å². The standard InChI is InChI=1S/C16H20N4OS/c1-4-17-15-8-12-9-20(6-5-14(12)18-19-15)16(21)13-7-10(2)22-11(13)3/h7-8H,4-6,9H2,1-3H3,(H,17,19). The molecule has 22 heavy (non-hydrogen) atoms. The number of carbonyl (C=O) groups excluding carboxylic acids is 1. The van der Waals surface area contributed by atoms with Crippen LogP contribution in [-0.4, -0.2) is 34.1 Å². The fourth-order valence-corrected chi connectivity index (χ4v) is 3.70. The topological polar surface area (TPSA) is 58.1 Å². The smallest absolute Gasteiger partial charge is 0.255 e. The zero-order valence-corrected chi connectivity index (χ0v) is 14.0. The highest BCUT2D eigenvalue weighted by Crippen LogP contribution is 2.25. The molecule has 0 aromatic carbocycles. The van der Waals surface area contributed by atoms with E-state index in [2.05, 4.69) is 15.5 Å². The summed E-state index contributed by atoms with van der Waals surface area (Å²) >= 11 is 1.68. The Kier molecular flexibility index (Phi) is 4.11. The molecule has 0 unspecified atom stereocenters. The van der Waals surface area contributed by atoms with Gasteiger partial charge in [-0.2, -0.15) is 5.10 Å². The molecule has 1 aliphatic heterocycles. The van der Waals surface area contributed by atoms with Gasteiger partial charge in [0.2, 0.25) is 0 Å². The molecule has 1 aliphatic rings. The minimum atomic E-state index is 0.120. The van der Waals surface area contributed by atoms with Crippen LogP contribution in [0, 0.1) is 13.8 Å². The van der Waals surface area contributed by atoms with E-state index in [-0.39, 0.29) is 5.91 Å². The number of thiophene rings is 1. The van der Waals surface area contributed by atoms with E-state index in [1.165, 1.54) is 4.88 Å². The second-order valence-corrected chi connectivity index (χ2v) is 7.00. The summed E-state index contributed by atoms with van der Waals surface area (Å²) in [5.74, 6) is 0.896. The van der Waals surface area contributed by atoms with E-state index in [1.807, 2.05) is 37.8 Å². The molecule has 3 heterocycles. The maximum Gasteiger partial charge on any atom is 0.255 e. The molecule has 0 atom stereocenters. The van der Waals surface area contributed by atoms with Gasteiger partial charge in [0.05, 0.1) is 11.3 Å². The highest BCUT2D eigenvalue weighted by atomic mass is 32.1. The van der Waals surface area contributed by atoms with Crippen molar-refractivity contribution >= 4 is 23.1 Å². The first kappa shape index (κ1) is 15.0. The molecular formula is C16H20N4OS. The second kappa shape index (κ2) is 6.04. The predicted octanol–water partition coefficient (Wildman–Crippen LogP) is 2.79. The van der Waals surface area contributed by atoms with Crippen molar-refractivity contribution in [1.29, 1.82) is 0 Å². The average Bonchev–Trinajstić information content (AvgIpc) is 2.85. The molecule has 0 saturated heterocycles. The fourth-order valence-electron chi connectivity index (χ4n) is 2.78. The van der Waals surface area contributed by atoms with Crippen molar-refractivity contribution < 1.29 is 4.79 Å². The Morgan fingerprint density at radius 1 is 1.36 bits per heavy atom. The number of nitrogens with one attached hydrogen (secondary N) is 1. The molecule has 3 rings (SSSR count). The number of aryl methyl sites for hydroxylation is 2. The van der Waals surface area contributed by atoms with Gasteiger partial charge < -0.3 is 10.2 Å². The van der Waals surface area contributed by atoms with E-state index in [4.69, 9.17) is 0 Å². The molecule has 0 radical (unpaired) electrons. The zero-order chi connectivity index (χ0) is 15.7. The van der Waals surface area contributed by atoms with Crippen LogP contribution in [0.15, 0.2) is 12.1 Å². The summed E-state index contributed by atoms with van der Waals surface area (Å²) in [6, 6.07) is 4.00. The van der Waals surface area contributed by atoms with Gasteiger partial charge in [0.1, 0.15) is 5.82 Å². The van der Waals surface area contributed by atoms with Gasteiger partial charge in [0, 0.05) is 35.8 Å². The Morgan fingerprint density at radius 3 is 2.86 bits per heavy atom. The van der Waals surface area contributed by atoms with Crippen molar-refractivity contribution in [1.82, 2.24) is 15.1 Å². The van der Waals surface area contributed by atoms with Crippen LogP contribution in [0.2, 0.25) is 0 Å². The van der Waals surface area contributed by atoms with Crippen molar-refractivity contribution in [3.63, 3.8) is 0 Å². The Hall–Kier alpha value is -1.95. The summed E-state index contributed by atoms with van der Waals surface area (Å²) in [4.78, 5) is 16.9. The van der Waals surface area contributed by atoms with Gasteiger partial charge in [-0.05, 0) is 38.5 Å². The lowest BCUT2D eigenvalue weighted by atomic mass is 10.1. The van der Waals surface area contributed by atoms with Crippen LogP contribution in [0.3, 0.4) is 0 Å². The highest BCUT2D eigenvalue weighted by molar-refractivity contribution is 7.12. The first-order valence-corrected chi connectivity index (χ1v) is 8.35. The lowest BCUT2D eigenvalue weighted by molar-refractivity contribution is 0.0733. The first-order chi connectivity index (χ1) is 10.6. The molecule has 1 N–H and O–H groups in total. The summed E-state index contributed by atoms with van der Waals surface area (Å²) in [6.07, 6.45) is 0.767. The van der Waals surface area contributed by atoms with E-state index in [0.29, 0.717) is 13.1 Å². The average molecular weight is 316 g/mol. The number of amides is 1. The first-order valence-electron chi connectivity index (χ1n) is 7.54. The molecule has 0 spiro atoms. The Balaban J connectivity index is 1.82. The SMILES string of the molecule is CCNc1cc2c(nn1)CCN(C(=O)c1cc(C)sc1C)C2. The summed E-state index contributed by atoms with van der Waals surface area (Å²) in [6.45, 7) is 8.20. The third-order valence-electron chi connectivity index (χ3n) is 3.86. The van der Waals surface area contributed by atoms with Gasteiger partial charge in [0.25, 0.3) is 5.91 Å². The minimum Gasteiger partial charge on any atom is -0.369 e. The number of nitrogens with zero attached hydrogens (tertiary/aromatic N) is 3. The number of hydrogen-bond donors (Lipinski definition) is 1. The monoisotopic (exact) mass is 316 g/mol. The molecule has 2 aromatic rings. The molecule has 5 nitrogen and oxygen atoms in total. The van der Waals surface area contributed by atoms with E-state index in [0.717, 1.165) is 40.5 Å².